The third-order valence-electron chi connectivity index (χ3n) is 4.60. The number of ether oxygens (including phenoxy) is 1. The zero-order valence-corrected chi connectivity index (χ0v) is 18.9. The molecular weight excluding hydrogens is 404 g/mol. The molecule has 8 heteroatoms. The topological polar surface area (TPSA) is 84.9 Å². The minimum absolute atomic E-state index is 0.0216. The van der Waals surface area contributed by atoms with E-state index in [2.05, 4.69) is 5.32 Å². The second kappa shape index (κ2) is 10.3. The van der Waals surface area contributed by atoms with Crippen LogP contribution in [0.3, 0.4) is 0 Å². The van der Waals surface area contributed by atoms with Gasteiger partial charge in [0.2, 0.25) is 0 Å². The molecule has 1 atom stereocenters. The minimum Gasteiger partial charge on any atom is -0.497 e. The van der Waals surface area contributed by atoms with E-state index in [1.807, 2.05) is 33.8 Å². The molecule has 0 aliphatic rings. The number of carbonyl (C=O) groups excluding carboxylic acids is 1. The Hall–Kier alpha value is -2.74. The summed E-state index contributed by atoms with van der Waals surface area (Å²) in [4.78, 5) is 14.4. The molecule has 0 aromatic heterocycles. The van der Waals surface area contributed by atoms with Crippen LogP contribution in [0.2, 0.25) is 0 Å². The number of hydrogen-bond acceptors (Lipinski definition) is 5. The molecule has 0 aliphatic carbocycles. The Bertz CT molecular complexity index is 942. The zero-order valence-electron chi connectivity index (χ0n) is 18.1. The lowest BCUT2D eigenvalue weighted by molar-refractivity contribution is 0.171. The molecule has 164 valence electrons. The Labute approximate surface area is 179 Å². The highest BCUT2D eigenvalue weighted by atomic mass is 32.2. The largest absolute Gasteiger partial charge is 0.497 e. The van der Waals surface area contributed by atoms with Crippen molar-refractivity contribution < 1.29 is 22.1 Å². The first-order chi connectivity index (χ1) is 14.2. The van der Waals surface area contributed by atoms with Gasteiger partial charge in [0.05, 0.1) is 7.11 Å². The molecule has 30 heavy (non-hydrogen) atoms. The van der Waals surface area contributed by atoms with Crippen molar-refractivity contribution in [3.63, 3.8) is 0 Å². The molecule has 1 N–H and O–H groups in total. The molecule has 2 rings (SSSR count). The van der Waals surface area contributed by atoms with Crippen LogP contribution in [0.25, 0.3) is 0 Å². The van der Waals surface area contributed by atoms with Crippen LogP contribution in [0.4, 0.5) is 4.79 Å². The van der Waals surface area contributed by atoms with Crippen molar-refractivity contribution in [1.29, 1.82) is 0 Å². The molecule has 0 bridgehead atoms. The first kappa shape index (κ1) is 23.5. The zero-order chi connectivity index (χ0) is 22.3. The highest BCUT2D eigenvalue weighted by Crippen LogP contribution is 2.23. The van der Waals surface area contributed by atoms with Crippen LogP contribution in [-0.4, -0.2) is 38.5 Å². The monoisotopic (exact) mass is 434 g/mol. The van der Waals surface area contributed by atoms with Gasteiger partial charge >= 0.3 is 16.1 Å². The van der Waals surface area contributed by atoms with Gasteiger partial charge in [-0.05, 0) is 69.2 Å². The fourth-order valence-electron chi connectivity index (χ4n) is 2.79. The number of nitrogens with zero attached hydrogens (tertiary/aromatic N) is 1. The van der Waals surface area contributed by atoms with E-state index >= 15 is 0 Å². The van der Waals surface area contributed by atoms with Gasteiger partial charge < -0.3 is 19.1 Å². The van der Waals surface area contributed by atoms with Crippen molar-refractivity contribution in [3.05, 3.63) is 54.1 Å². The lowest BCUT2D eigenvalue weighted by Crippen LogP contribution is -2.46. The van der Waals surface area contributed by atoms with Crippen LogP contribution in [0.5, 0.6) is 11.5 Å². The number of carbonyl (C=O) groups is 1. The maximum atomic E-state index is 12.6. The van der Waals surface area contributed by atoms with E-state index in [-0.39, 0.29) is 28.8 Å². The predicted molar refractivity (Wildman–Crippen MR) is 116 cm³/mol. The summed E-state index contributed by atoms with van der Waals surface area (Å²) >= 11 is 0. The maximum Gasteiger partial charge on any atom is 0.339 e. The molecular formula is C22H30N2O5S. The Balaban J connectivity index is 2.20. The summed E-state index contributed by atoms with van der Waals surface area (Å²) in [6, 6.07) is 12.6. The average molecular weight is 435 g/mol. The first-order valence-corrected chi connectivity index (χ1v) is 11.3. The van der Waals surface area contributed by atoms with Crippen LogP contribution < -0.4 is 14.2 Å². The van der Waals surface area contributed by atoms with Crippen LogP contribution in [-0.2, 0) is 16.7 Å². The van der Waals surface area contributed by atoms with Crippen molar-refractivity contribution in [2.45, 2.75) is 57.6 Å². The van der Waals surface area contributed by atoms with Gasteiger partial charge in [0, 0.05) is 18.6 Å². The number of rotatable bonds is 9. The number of nitrogens with one attached hydrogen (secondary N) is 1. The molecule has 2 amide bonds. The van der Waals surface area contributed by atoms with Gasteiger partial charge in [-0.2, -0.15) is 8.42 Å². The molecule has 2 aromatic rings. The lowest BCUT2D eigenvalue weighted by Gasteiger charge is -2.30. The number of methoxy groups -OCH3 is 1. The molecule has 0 spiro atoms. The fourth-order valence-corrected chi connectivity index (χ4v) is 3.71. The van der Waals surface area contributed by atoms with Crippen LogP contribution in [0, 0.1) is 0 Å². The van der Waals surface area contributed by atoms with Gasteiger partial charge in [0.15, 0.2) is 0 Å². The van der Waals surface area contributed by atoms with Gasteiger partial charge in [-0.25, -0.2) is 4.79 Å². The van der Waals surface area contributed by atoms with E-state index in [1.54, 1.807) is 35.2 Å². The summed E-state index contributed by atoms with van der Waals surface area (Å²) in [5, 5.41) is 2.91. The molecule has 0 fully saturated rings. The number of benzene rings is 2. The standard InChI is InChI=1S/C22H30N2O5S/c1-6-17(4)24(22(25)23-16(2)3)15-18-8-7-9-20(14-18)29-30(26,27)21-12-10-19(28-5)11-13-21/h7-14,16-17H,6,15H2,1-5H3,(H,23,25). The summed E-state index contributed by atoms with van der Waals surface area (Å²) < 4.78 is 35.5. The van der Waals surface area contributed by atoms with Crippen molar-refractivity contribution in [2.75, 3.05) is 7.11 Å². The van der Waals surface area contributed by atoms with Gasteiger partial charge in [0.1, 0.15) is 16.4 Å². The Morgan fingerprint density at radius 1 is 1.07 bits per heavy atom. The van der Waals surface area contributed by atoms with E-state index in [4.69, 9.17) is 8.92 Å². The van der Waals surface area contributed by atoms with E-state index in [1.165, 1.54) is 19.2 Å². The molecule has 0 radical (unpaired) electrons. The molecule has 2 aromatic carbocycles. The van der Waals surface area contributed by atoms with E-state index in [0.29, 0.717) is 12.3 Å². The second-order valence-electron chi connectivity index (χ2n) is 7.35. The quantitative estimate of drug-likeness (QED) is 0.599. The van der Waals surface area contributed by atoms with E-state index in [9.17, 15) is 13.2 Å². The number of hydrogen-bond donors (Lipinski definition) is 1. The van der Waals surface area contributed by atoms with Crippen LogP contribution in [0.1, 0.15) is 39.7 Å². The van der Waals surface area contributed by atoms with Crippen molar-refractivity contribution in [1.82, 2.24) is 10.2 Å². The average Bonchev–Trinajstić information content (AvgIpc) is 2.71. The Morgan fingerprint density at radius 3 is 2.30 bits per heavy atom. The van der Waals surface area contributed by atoms with Gasteiger partial charge in [-0.1, -0.05) is 19.1 Å². The van der Waals surface area contributed by atoms with Crippen molar-refractivity contribution >= 4 is 16.1 Å². The highest BCUT2D eigenvalue weighted by molar-refractivity contribution is 7.87. The maximum absolute atomic E-state index is 12.6. The normalized spacial score (nSPS) is 12.3. The predicted octanol–water partition coefficient (Wildman–Crippen LogP) is 4.18. The molecule has 0 aliphatic heterocycles. The summed E-state index contributed by atoms with van der Waals surface area (Å²) in [7, 11) is -2.48. The number of amides is 2. The first-order valence-electron chi connectivity index (χ1n) is 9.91. The molecule has 0 heterocycles. The van der Waals surface area contributed by atoms with Gasteiger partial charge in [-0.15, -0.1) is 0 Å². The van der Waals surface area contributed by atoms with E-state index < -0.39 is 10.1 Å². The van der Waals surface area contributed by atoms with Gasteiger partial charge in [-0.3, -0.25) is 0 Å². The smallest absolute Gasteiger partial charge is 0.339 e. The minimum atomic E-state index is -3.99. The Morgan fingerprint density at radius 2 is 1.73 bits per heavy atom. The molecule has 0 saturated heterocycles. The van der Waals surface area contributed by atoms with Crippen LogP contribution >= 0.6 is 0 Å². The summed E-state index contributed by atoms with van der Waals surface area (Å²) in [5.74, 6) is 0.748. The number of urea groups is 1. The molecule has 1 unspecified atom stereocenters. The summed E-state index contributed by atoms with van der Waals surface area (Å²) in [5.41, 5.74) is 0.775. The third-order valence-corrected chi connectivity index (χ3v) is 5.86. The second-order valence-corrected chi connectivity index (χ2v) is 8.90. The lowest BCUT2D eigenvalue weighted by atomic mass is 10.1. The van der Waals surface area contributed by atoms with Crippen LogP contribution in [0.15, 0.2) is 53.4 Å². The molecule has 7 nitrogen and oxygen atoms in total. The summed E-state index contributed by atoms with van der Waals surface area (Å²) in [6.45, 7) is 8.15. The van der Waals surface area contributed by atoms with Crippen molar-refractivity contribution in [2.24, 2.45) is 0 Å². The van der Waals surface area contributed by atoms with Crippen molar-refractivity contribution in [3.8, 4) is 11.5 Å². The Kier molecular flexibility index (Phi) is 8.11. The van der Waals surface area contributed by atoms with Gasteiger partial charge in [0.25, 0.3) is 0 Å². The van der Waals surface area contributed by atoms with E-state index in [0.717, 1.165) is 12.0 Å². The third kappa shape index (κ3) is 6.38. The SMILES string of the molecule is CCC(C)N(Cc1cccc(OS(=O)(=O)c2ccc(OC)cc2)c1)C(=O)NC(C)C. The molecule has 0 saturated carbocycles. The fraction of sp³-hybridized carbons (Fsp3) is 0.409. The highest BCUT2D eigenvalue weighted by Gasteiger charge is 2.21. The summed E-state index contributed by atoms with van der Waals surface area (Å²) in [6.07, 6.45) is 0.799.